The summed E-state index contributed by atoms with van der Waals surface area (Å²) < 4.78 is 0. The Balaban J connectivity index is 3.06. The second-order valence-electron chi connectivity index (χ2n) is 3.11. The summed E-state index contributed by atoms with van der Waals surface area (Å²) in [6, 6.07) is 1.89. The zero-order valence-electron chi connectivity index (χ0n) is 10.1. The lowest BCUT2D eigenvalue weighted by molar-refractivity contribution is -0.0531. The van der Waals surface area contributed by atoms with Gasteiger partial charge in [-0.05, 0) is 18.7 Å². The van der Waals surface area contributed by atoms with Crippen molar-refractivity contribution in [2.45, 2.75) is 18.5 Å². The standard InChI is InChI=1S/C11H17N3OS/c1-5-6-10(14(2)15-3)9-7-8-12-11(13-9)16-4/h6-8H,5H2,1-4H3/b10-6+. The van der Waals surface area contributed by atoms with E-state index in [0.717, 1.165) is 23.0 Å². The smallest absolute Gasteiger partial charge is 0.187 e. The first-order chi connectivity index (χ1) is 7.72. The van der Waals surface area contributed by atoms with Gasteiger partial charge in [-0.1, -0.05) is 24.8 Å². The summed E-state index contributed by atoms with van der Waals surface area (Å²) in [7, 11) is 3.50. The lowest BCUT2D eigenvalue weighted by atomic mass is 10.2. The van der Waals surface area contributed by atoms with Crippen LogP contribution < -0.4 is 0 Å². The molecular weight excluding hydrogens is 222 g/mol. The van der Waals surface area contributed by atoms with Crippen molar-refractivity contribution in [2.24, 2.45) is 0 Å². The van der Waals surface area contributed by atoms with Gasteiger partial charge in [-0.15, -0.1) is 0 Å². The van der Waals surface area contributed by atoms with Crippen molar-refractivity contribution in [3.05, 3.63) is 24.0 Å². The van der Waals surface area contributed by atoms with Crippen molar-refractivity contribution < 1.29 is 4.84 Å². The largest absolute Gasteiger partial charge is 0.277 e. The van der Waals surface area contributed by atoms with Crippen LogP contribution >= 0.6 is 11.8 Å². The lowest BCUT2D eigenvalue weighted by Gasteiger charge is -2.19. The van der Waals surface area contributed by atoms with Gasteiger partial charge in [0, 0.05) is 13.2 Å². The molecule has 88 valence electrons. The molecule has 0 unspecified atom stereocenters. The molecule has 0 N–H and O–H groups in total. The van der Waals surface area contributed by atoms with Crippen LogP contribution in [0.3, 0.4) is 0 Å². The quantitative estimate of drug-likeness (QED) is 0.448. The Labute approximate surface area is 101 Å². The van der Waals surface area contributed by atoms with E-state index in [1.807, 2.05) is 19.4 Å². The molecule has 1 aromatic rings. The predicted octanol–water partition coefficient (Wildman–Crippen LogP) is 2.44. The topological polar surface area (TPSA) is 38.2 Å². The molecule has 0 aliphatic heterocycles. The van der Waals surface area contributed by atoms with Crippen molar-refractivity contribution in [2.75, 3.05) is 20.4 Å². The Bertz CT molecular complexity index is 368. The van der Waals surface area contributed by atoms with Crippen LogP contribution in [0.15, 0.2) is 23.5 Å². The van der Waals surface area contributed by atoms with Gasteiger partial charge in [-0.3, -0.25) is 9.90 Å². The fraction of sp³-hybridized carbons (Fsp3) is 0.455. The third-order valence-electron chi connectivity index (χ3n) is 2.09. The summed E-state index contributed by atoms with van der Waals surface area (Å²) in [5.74, 6) is 0. The third kappa shape index (κ3) is 3.21. The van der Waals surface area contributed by atoms with Gasteiger partial charge in [0.05, 0.1) is 18.5 Å². The molecule has 5 heteroatoms. The van der Waals surface area contributed by atoms with E-state index in [1.165, 1.54) is 11.8 Å². The van der Waals surface area contributed by atoms with Crippen molar-refractivity contribution in [1.29, 1.82) is 0 Å². The molecule has 4 nitrogen and oxygen atoms in total. The molecule has 0 spiro atoms. The highest BCUT2D eigenvalue weighted by Crippen LogP contribution is 2.18. The summed E-state index contributed by atoms with van der Waals surface area (Å²) in [6.45, 7) is 2.08. The Kier molecular flexibility index (Phi) is 5.28. The number of nitrogens with zero attached hydrogens (tertiary/aromatic N) is 3. The number of hydrogen-bond acceptors (Lipinski definition) is 5. The lowest BCUT2D eigenvalue weighted by Crippen LogP contribution is -2.16. The van der Waals surface area contributed by atoms with Gasteiger partial charge in [0.15, 0.2) is 5.16 Å². The number of hydrogen-bond donors (Lipinski definition) is 0. The molecular formula is C11H17N3OS. The van der Waals surface area contributed by atoms with Gasteiger partial charge in [-0.25, -0.2) is 9.97 Å². The molecule has 0 aliphatic carbocycles. The van der Waals surface area contributed by atoms with Crippen LogP contribution in [-0.4, -0.2) is 35.4 Å². The SMILES string of the molecule is CC/C=C(\c1ccnc(SC)n1)N(C)OC. The number of rotatable bonds is 5. The minimum atomic E-state index is 0.768. The van der Waals surface area contributed by atoms with Crippen molar-refractivity contribution in [1.82, 2.24) is 15.0 Å². The van der Waals surface area contributed by atoms with Crippen LogP contribution in [0.4, 0.5) is 0 Å². The number of allylic oxidation sites excluding steroid dienone is 1. The molecule has 0 saturated heterocycles. The Morgan fingerprint density at radius 3 is 2.94 bits per heavy atom. The molecule has 0 amide bonds. The third-order valence-corrected chi connectivity index (χ3v) is 2.65. The molecule has 0 radical (unpaired) electrons. The Morgan fingerprint density at radius 2 is 2.38 bits per heavy atom. The fourth-order valence-corrected chi connectivity index (χ4v) is 1.62. The van der Waals surface area contributed by atoms with Crippen LogP contribution in [0.5, 0.6) is 0 Å². The first kappa shape index (κ1) is 13.0. The molecule has 0 saturated carbocycles. The monoisotopic (exact) mass is 239 g/mol. The highest BCUT2D eigenvalue weighted by molar-refractivity contribution is 7.98. The highest BCUT2D eigenvalue weighted by Gasteiger charge is 2.09. The highest BCUT2D eigenvalue weighted by atomic mass is 32.2. The van der Waals surface area contributed by atoms with E-state index in [1.54, 1.807) is 18.4 Å². The molecule has 1 rings (SSSR count). The zero-order valence-corrected chi connectivity index (χ0v) is 10.9. The van der Waals surface area contributed by atoms with Crippen LogP contribution in [0, 0.1) is 0 Å². The summed E-state index contributed by atoms with van der Waals surface area (Å²) in [5, 5.41) is 2.47. The van der Waals surface area contributed by atoms with Gasteiger partial charge in [0.25, 0.3) is 0 Å². The number of hydroxylamine groups is 2. The second-order valence-corrected chi connectivity index (χ2v) is 3.88. The van der Waals surface area contributed by atoms with Crippen LogP contribution in [0.2, 0.25) is 0 Å². The number of thioether (sulfide) groups is 1. The summed E-state index contributed by atoms with van der Waals surface area (Å²) in [6.07, 6.45) is 6.74. The molecule has 0 aromatic carbocycles. The molecule has 0 fully saturated rings. The van der Waals surface area contributed by atoms with Crippen molar-refractivity contribution >= 4 is 17.5 Å². The van der Waals surface area contributed by atoms with Gasteiger partial charge >= 0.3 is 0 Å². The molecule has 16 heavy (non-hydrogen) atoms. The molecule has 0 atom stereocenters. The van der Waals surface area contributed by atoms with Crippen LogP contribution in [0.25, 0.3) is 5.70 Å². The average molecular weight is 239 g/mol. The summed E-state index contributed by atoms with van der Waals surface area (Å²) in [4.78, 5) is 13.8. The van der Waals surface area contributed by atoms with Crippen molar-refractivity contribution in [3.63, 3.8) is 0 Å². The van der Waals surface area contributed by atoms with Gasteiger partial charge in [0.1, 0.15) is 0 Å². The van der Waals surface area contributed by atoms with E-state index in [4.69, 9.17) is 4.84 Å². The fourth-order valence-electron chi connectivity index (χ4n) is 1.27. The maximum Gasteiger partial charge on any atom is 0.187 e. The predicted molar refractivity (Wildman–Crippen MR) is 66.9 cm³/mol. The van der Waals surface area contributed by atoms with Gasteiger partial charge in [-0.2, -0.15) is 0 Å². The maximum atomic E-state index is 5.19. The molecule has 0 bridgehead atoms. The van der Waals surface area contributed by atoms with Crippen LogP contribution in [-0.2, 0) is 4.84 Å². The van der Waals surface area contributed by atoms with Crippen molar-refractivity contribution in [3.8, 4) is 0 Å². The van der Waals surface area contributed by atoms with E-state index in [-0.39, 0.29) is 0 Å². The van der Waals surface area contributed by atoms with Gasteiger partial charge in [0.2, 0.25) is 0 Å². The minimum Gasteiger partial charge on any atom is -0.277 e. The Morgan fingerprint density at radius 1 is 1.62 bits per heavy atom. The maximum absolute atomic E-state index is 5.19. The summed E-state index contributed by atoms with van der Waals surface area (Å²) >= 11 is 1.53. The minimum absolute atomic E-state index is 0.768. The van der Waals surface area contributed by atoms with E-state index < -0.39 is 0 Å². The first-order valence-electron chi connectivity index (χ1n) is 5.08. The van der Waals surface area contributed by atoms with E-state index in [0.29, 0.717) is 0 Å². The van der Waals surface area contributed by atoms with Gasteiger partial charge < -0.3 is 0 Å². The Hall–Kier alpha value is -1.07. The van der Waals surface area contributed by atoms with Crippen LogP contribution in [0.1, 0.15) is 19.0 Å². The normalized spacial score (nSPS) is 11.6. The molecule has 1 heterocycles. The van der Waals surface area contributed by atoms with E-state index >= 15 is 0 Å². The van der Waals surface area contributed by atoms with E-state index in [2.05, 4.69) is 23.0 Å². The first-order valence-corrected chi connectivity index (χ1v) is 6.30. The van der Waals surface area contributed by atoms with E-state index in [9.17, 15) is 0 Å². The summed E-state index contributed by atoms with van der Waals surface area (Å²) in [5.41, 5.74) is 1.84. The number of aromatic nitrogens is 2. The zero-order chi connectivity index (χ0) is 12.0. The average Bonchev–Trinajstić information content (AvgIpc) is 2.35. The molecule has 1 aromatic heterocycles. The molecule has 0 aliphatic rings. The second kappa shape index (κ2) is 6.50.